The van der Waals surface area contributed by atoms with Crippen molar-refractivity contribution in [1.82, 2.24) is 0 Å². The first-order valence-electron chi connectivity index (χ1n) is 18.3. The average molecular weight is 783 g/mol. The summed E-state index contributed by atoms with van der Waals surface area (Å²) in [7, 11) is 0. The van der Waals surface area contributed by atoms with E-state index >= 15 is 0 Å². The third kappa shape index (κ3) is 18.4. The van der Waals surface area contributed by atoms with E-state index < -0.39 is 0 Å². The smallest absolute Gasteiger partial charge is 0.780 e. The van der Waals surface area contributed by atoms with E-state index in [1.165, 1.54) is 22.3 Å². The summed E-state index contributed by atoms with van der Waals surface area (Å²) in [5.41, 5.74) is 9.37. The second-order valence-corrected chi connectivity index (χ2v) is 16.4. The van der Waals surface area contributed by atoms with Crippen LogP contribution in [-0.2, 0) is 33.9 Å². The van der Waals surface area contributed by atoms with Gasteiger partial charge in [-0.25, -0.2) is 0 Å². The minimum Gasteiger partial charge on any atom is -0.780 e. The molecule has 0 atom stereocenters. The van der Waals surface area contributed by atoms with Gasteiger partial charge in [0.1, 0.15) is 0 Å². The van der Waals surface area contributed by atoms with Crippen molar-refractivity contribution < 1.29 is 72.6 Å². The van der Waals surface area contributed by atoms with E-state index in [0.29, 0.717) is 23.7 Å². The molecular formula is C45H68KN2NiOS-. The van der Waals surface area contributed by atoms with Crippen molar-refractivity contribution in [1.29, 1.82) is 0 Å². The Bertz CT molecular complexity index is 1410. The Hall–Kier alpha value is -0.820. The van der Waals surface area contributed by atoms with Crippen LogP contribution in [0.15, 0.2) is 88.4 Å². The standard InChI is InChI=1S/C35H53N2.C6H6S.C4H10O.K.Ni/c1-22(2)26-17-15-18-27(23(3)4)32(26)36-30(34(9,10)11)21-31(35(12,13)14)37-33-28(24(5)6)19-16-20-29(33)25(7)8;7-6-4-2-1-3-5-6;1-3-5-4-2;;/h15-25H,1-14H3;1-5,7H;3-4H2,1-2H3;;/q-1;;;+1;/p-1/b30-21-,37-31?;;;;. The summed E-state index contributed by atoms with van der Waals surface area (Å²) in [5.74, 6) is 1.61. The van der Waals surface area contributed by atoms with Gasteiger partial charge >= 0.3 is 51.4 Å². The second kappa shape index (κ2) is 25.3. The van der Waals surface area contributed by atoms with Crippen LogP contribution in [0.1, 0.15) is 157 Å². The molecule has 6 heteroatoms. The third-order valence-corrected chi connectivity index (χ3v) is 8.38. The second-order valence-electron chi connectivity index (χ2n) is 15.9. The Morgan fingerprint density at radius 3 is 1.31 bits per heavy atom. The summed E-state index contributed by atoms with van der Waals surface area (Å²) < 4.78 is 4.83. The summed E-state index contributed by atoms with van der Waals surface area (Å²) in [4.78, 5) is 6.37. The molecular weight excluding hydrogens is 714 g/mol. The van der Waals surface area contributed by atoms with Gasteiger partial charge in [0.05, 0.1) is 5.69 Å². The fourth-order valence-corrected chi connectivity index (χ4v) is 5.27. The largest absolute Gasteiger partial charge is 1.00 e. The maximum atomic E-state index is 5.46. The first-order valence-corrected chi connectivity index (χ1v) is 18.7. The van der Waals surface area contributed by atoms with Crippen molar-refractivity contribution >= 4 is 29.7 Å². The molecule has 0 aliphatic heterocycles. The number of ether oxygens (including phenoxy) is 1. The number of hydrogen-bond acceptors (Lipinski definition) is 3. The molecule has 0 aromatic heterocycles. The van der Waals surface area contributed by atoms with E-state index in [4.69, 9.17) is 27.7 Å². The minimum atomic E-state index is -0.136. The van der Waals surface area contributed by atoms with E-state index in [9.17, 15) is 0 Å². The van der Waals surface area contributed by atoms with Gasteiger partial charge in [-0.3, -0.25) is 4.99 Å². The van der Waals surface area contributed by atoms with Crippen LogP contribution in [-0.4, -0.2) is 18.9 Å². The molecule has 3 aromatic carbocycles. The molecule has 3 aromatic rings. The molecule has 0 aliphatic carbocycles. The predicted molar refractivity (Wildman–Crippen MR) is 221 cm³/mol. The zero-order chi connectivity index (χ0) is 37.5. The fourth-order valence-electron chi connectivity index (χ4n) is 5.11. The Kier molecular flexibility index (Phi) is 25.9. The molecule has 3 nitrogen and oxygen atoms in total. The first-order chi connectivity index (χ1) is 22.8. The first kappa shape index (κ1) is 52.3. The van der Waals surface area contributed by atoms with Crippen molar-refractivity contribution in [2.45, 2.75) is 139 Å². The Morgan fingerprint density at radius 1 is 0.647 bits per heavy atom. The van der Waals surface area contributed by atoms with Gasteiger partial charge in [0.2, 0.25) is 0 Å². The SMILES string of the molecule is CC(C)c1cccc(C(C)C)c1N=C(/C=C(\[N-]c1c(C(C)C)cccc1C(C)C)C(C)(C)C)C(C)(C)C.CCOCC.[K+].[Ni].[S-]c1ccccc1. The molecule has 0 spiro atoms. The van der Waals surface area contributed by atoms with Crippen LogP contribution in [0.25, 0.3) is 5.32 Å². The molecule has 0 bridgehead atoms. The number of nitrogens with zero attached hydrogens (tertiary/aromatic N) is 2. The number of allylic oxidation sites excluding steroid dienone is 2. The molecule has 0 unspecified atom stereocenters. The molecule has 0 radical (unpaired) electrons. The van der Waals surface area contributed by atoms with Crippen molar-refractivity contribution in [3.63, 3.8) is 0 Å². The molecule has 0 fully saturated rings. The number of rotatable bonds is 10. The van der Waals surface area contributed by atoms with Crippen molar-refractivity contribution in [2.75, 3.05) is 13.2 Å². The zero-order valence-corrected chi connectivity index (χ0v) is 40.1. The zero-order valence-electron chi connectivity index (χ0n) is 35.2. The van der Waals surface area contributed by atoms with Gasteiger partial charge < -0.3 is 22.7 Å². The number of hydrogen-bond donors (Lipinski definition) is 0. The summed E-state index contributed by atoms with van der Waals surface area (Å²) in [6.07, 6.45) is 2.28. The van der Waals surface area contributed by atoms with Crippen molar-refractivity contribution in [3.8, 4) is 0 Å². The van der Waals surface area contributed by atoms with Crippen molar-refractivity contribution in [2.24, 2.45) is 15.8 Å². The van der Waals surface area contributed by atoms with Crippen LogP contribution in [0.4, 0.5) is 11.4 Å². The molecule has 0 heterocycles. The number of aliphatic imine (C=N–C) groups is 1. The number of benzene rings is 3. The average Bonchev–Trinajstić information content (AvgIpc) is 3.00. The monoisotopic (exact) mass is 781 g/mol. The van der Waals surface area contributed by atoms with Gasteiger partial charge in [0.25, 0.3) is 0 Å². The third-order valence-electron chi connectivity index (χ3n) is 8.11. The van der Waals surface area contributed by atoms with Gasteiger partial charge in [-0.05, 0) is 54.1 Å². The molecule has 0 saturated heterocycles. The topological polar surface area (TPSA) is 35.7 Å². The Balaban J connectivity index is 0. The van der Waals surface area contributed by atoms with Crippen LogP contribution in [0.3, 0.4) is 0 Å². The normalized spacial score (nSPS) is 12.1. The summed E-state index contributed by atoms with van der Waals surface area (Å²) in [6.45, 7) is 37.3. The molecule has 3 rings (SSSR count). The van der Waals surface area contributed by atoms with E-state index in [1.54, 1.807) is 0 Å². The maximum Gasteiger partial charge on any atom is 1.00 e. The summed E-state index contributed by atoms with van der Waals surface area (Å²) in [6, 6.07) is 22.9. The van der Waals surface area contributed by atoms with Gasteiger partial charge in [-0.1, -0.05) is 181 Å². The van der Waals surface area contributed by atoms with Gasteiger partial charge in [0.15, 0.2) is 0 Å². The summed E-state index contributed by atoms with van der Waals surface area (Å²) in [5, 5.41) is 5.46. The van der Waals surface area contributed by atoms with Gasteiger partial charge in [0, 0.05) is 40.8 Å². The Morgan fingerprint density at radius 2 is 1.04 bits per heavy atom. The van der Waals surface area contributed by atoms with E-state index in [2.05, 4.69) is 139 Å². The molecule has 282 valence electrons. The van der Waals surface area contributed by atoms with Crippen LogP contribution in [0.2, 0.25) is 0 Å². The maximum absolute atomic E-state index is 5.46. The molecule has 0 N–H and O–H groups in total. The quantitative estimate of drug-likeness (QED) is 0.117. The molecule has 0 saturated carbocycles. The van der Waals surface area contributed by atoms with E-state index in [0.717, 1.165) is 40.9 Å². The van der Waals surface area contributed by atoms with Crippen LogP contribution >= 0.6 is 0 Å². The Labute approximate surface area is 372 Å². The van der Waals surface area contributed by atoms with E-state index in [1.807, 2.05) is 44.2 Å². The molecule has 0 amide bonds. The predicted octanol–water partition coefficient (Wildman–Crippen LogP) is 11.6. The van der Waals surface area contributed by atoms with E-state index in [-0.39, 0.29) is 78.7 Å². The van der Waals surface area contributed by atoms with Crippen LogP contribution in [0, 0.1) is 10.8 Å². The molecule has 0 aliphatic rings. The van der Waals surface area contributed by atoms with Gasteiger partial charge in [-0.2, -0.15) is 10.6 Å². The summed E-state index contributed by atoms with van der Waals surface area (Å²) >= 11 is 4.81. The minimum absolute atomic E-state index is 0. The molecule has 51 heavy (non-hydrogen) atoms. The van der Waals surface area contributed by atoms with Crippen molar-refractivity contribution in [3.05, 3.63) is 106 Å². The van der Waals surface area contributed by atoms with Crippen LogP contribution in [0.5, 0.6) is 0 Å². The fraction of sp³-hybridized carbons (Fsp3) is 0.533. The number of para-hydroxylation sites is 2. The van der Waals surface area contributed by atoms with Gasteiger partial charge in [-0.15, -0.1) is 5.69 Å². The van der Waals surface area contributed by atoms with Crippen LogP contribution < -0.4 is 51.4 Å².